The van der Waals surface area contributed by atoms with E-state index in [1.54, 1.807) is 52.1 Å². The van der Waals surface area contributed by atoms with Gasteiger partial charge in [-0.25, -0.2) is 9.18 Å². The Morgan fingerprint density at radius 2 is 2.12 bits per heavy atom. The summed E-state index contributed by atoms with van der Waals surface area (Å²) in [5, 5.41) is 3.29. The number of H-pyrrole nitrogens is 1. The predicted octanol–water partition coefficient (Wildman–Crippen LogP) is 2.22. The molecular formula is C23H19FN4O5. The Labute approximate surface area is 185 Å². The first-order chi connectivity index (χ1) is 15.9. The van der Waals surface area contributed by atoms with Crippen LogP contribution >= 0.6 is 0 Å². The van der Waals surface area contributed by atoms with Crippen LogP contribution in [0.5, 0.6) is 0 Å². The van der Waals surface area contributed by atoms with Crippen molar-refractivity contribution in [3.05, 3.63) is 65.0 Å². The average molecular weight is 450 g/mol. The van der Waals surface area contributed by atoms with E-state index in [1.165, 1.54) is 6.07 Å². The molecular weight excluding hydrogens is 431 g/mol. The maximum atomic E-state index is 14.0. The fraction of sp³-hybridized carbons (Fsp3) is 0.261. The molecule has 2 N–H and O–H groups in total. The van der Waals surface area contributed by atoms with Crippen molar-refractivity contribution in [2.45, 2.75) is 24.6 Å². The number of nitrogens with zero attached hydrogens (tertiary/aromatic N) is 2. The first-order valence-corrected chi connectivity index (χ1v) is 10.5. The van der Waals surface area contributed by atoms with Gasteiger partial charge in [0.1, 0.15) is 12.4 Å². The molecule has 1 unspecified atom stereocenters. The van der Waals surface area contributed by atoms with Crippen molar-refractivity contribution in [3.8, 4) is 0 Å². The molecule has 2 aliphatic rings. The van der Waals surface area contributed by atoms with Gasteiger partial charge in [-0.15, -0.1) is 0 Å². The number of rotatable bonds is 4. The van der Waals surface area contributed by atoms with Crippen molar-refractivity contribution in [3.63, 3.8) is 0 Å². The lowest BCUT2D eigenvalue weighted by atomic mass is 10.0. The Bertz CT molecular complexity index is 1490. The number of ether oxygens (including phenoxy) is 1. The Hall–Kier alpha value is -3.92. The lowest BCUT2D eigenvalue weighted by Crippen LogP contribution is -2.51. The van der Waals surface area contributed by atoms with Gasteiger partial charge in [0.25, 0.3) is 5.91 Å². The molecule has 2 saturated heterocycles. The molecule has 4 aromatic rings. The maximum absolute atomic E-state index is 14.0. The zero-order valence-electron chi connectivity index (χ0n) is 17.3. The topological polar surface area (TPSA) is 110 Å². The number of aromatic nitrogens is 2. The van der Waals surface area contributed by atoms with E-state index in [2.05, 4.69) is 10.3 Å². The highest BCUT2D eigenvalue weighted by Gasteiger charge is 2.57. The fourth-order valence-corrected chi connectivity index (χ4v) is 4.83. The second-order valence-electron chi connectivity index (χ2n) is 8.48. The first kappa shape index (κ1) is 19.7. The average Bonchev–Trinajstić information content (AvgIpc) is 3.56. The van der Waals surface area contributed by atoms with Gasteiger partial charge in [0, 0.05) is 23.7 Å². The molecule has 2 atom stereocenters. The number of carbonyl (C=O) groups excluding carboxylic acids is 2. The molecule has 10 heteroatoms. The summed E-state index contributed by atoms with van der Waals surface area (Å²) in [6.07, 6.45) is 2.09. The Kier molecular flexibility index (Phi) is 4.21. The highest BCUT2D eigenvalue weighted by molar-refractivity contribution is 6.00. The van der Waals surface area contributed by atoms with Crippen LogP contribution in [-0.2, 0) is 20.9 Å². The molecule has 33 heavy (non-hydrogen) atoms. The maximum Gasteiger partial charge on any atom is 0.417 e. The van der Waals surface area contributed by atoms with Crippen LogP contribution in [0, 0.1) is 5.82 Å². The minimum absolute atomic E-state index is 0.0473. The molecule has 2 aromatic carbocycles. The predicted molar refractivity (Wildman–Crippen MR) is 116 cm³/mol. The summed E-state index contributed by atoms with van der Waals surface area (Å²) < 4.78 is 26.5. The molecule has 6 rings (SSSR count). The van der Waals surface area contributed by atoms with E-state index in [0.717, 1.165) is 0 Å². The summed E-state index contributed by atoms with van der Waals surface area (Å²) in [6, 6.07) is 11.0. The minimum atomic E-state index is -1.13. The Balaban J connectivity index is 1.19. The van der Waals surface area contributed by atoms with Crippen LogP contribution in [0.25, 0.3) is 22.0 Å². The molecule has 0 radical (unpaired) electrons. The summed E-state index contributed by atoms with van der Waals surface area (Å²) in [6.45, 7) is 0.459. The number of anilines is 1. The standard InChI is InChI=1S/C23H19FN4O5/c24-16-2-1-3-18-15(16)6-7-27(18)10-20(29)28-12-23(9-14(28)11-32-23)21(30)25-13-4-5-19-17(8-13)26-22(31)33-19/h1-8,14H,9-12H2,(H,25,30)(H,26,31)/t14?,23-/m0/s1. The van der Waals surface area contributed by atoms with Crippen molar-refractivity contribution < 1.29 is 23.1 Å². The van der Waals surface area contributed by atoms with Crippen molar-refractivity contribution >= 4 is 39.5 Å². The van der Waals surface area contributed by atoms with Crippen molar-refractivity contribution in [1.29, 1.82) is 0 Å². The zero-order valence-corrected chi connectivity index (χ0v) is 17.3. The number of hydrogen-bond donors (Lipinski definition) is 2. The molecule has 9 nitrogen and oxygen atoms in total. The number of likely N-dealkylation sites (tertiary alicyclic amines) is 1. The second-order valence-corrected chi connectivity index (χ2v) is 8.48. The number of fused-ring (bicyclic) bond motifs is 4. The summed E-state index contributed by atoms with van der Waals surface area (Å²) in [5.74, 6) is -1.41. The van der Waals surface area contributed by atoms with Gasteiger partial charge in [0.2, 0.25) is 5.91 Å². The highest BCUT2D eigenvalue weighted by Crippen LogP contribution is 2.39. The largest absolute Gasteiger partial charge is 0.417 e. The van der Waals surface area contributed by atoms with Gasteiger partial charge in [-0.05, 0) is 36.4 Å². The number of halogens is 1. The van der Waals surface area contributed by atoms with E-state index in [4.69, 9.17) is 9.15 Å². The molecule has 168 valence electrons. The van der Waals surface area contributed by atoms with Crippen LogP contribution in [0.1, 0.15) is 6.42 Å². The first-order valence-electron chi connectivity index (χ1n) is 10.5. The lowest BCUT2D eigenvalue weighted by Gasteiger charge is -2.32. The normalized spacial score (nSPS) is 21.8. The SMILES string of the molecule is O=C(Cn1ccc2c(F)cccc21)N1C[C@]2(C(=O)Nc3ccc4oc(=O)[nH]c4c3)CC1CO2. The van der Waals surface area contributed by atoms with Gasteiger partial charge in [-0.1, -0.05) is 6.07 Å². The molecule has 2 amide bonds. The van der Waals surface area contributed by atoms with Crippen LogP contribution in [0.4, 0.5) is 10.1 Å². The highest BCUT2D eigenvalue weighted by atomic mass is 19.1. The molecule has 0 aliphatic carbocycles. The van der Waals surface area contributed by atoms with E-state index in [0.29, 0.717) is 34.1 Å². The lowest BCUT2D eigenvalue weighted by molar-refractivity contribution is -0.147. The monoisotopic (exact) mass is 450 g/mol. The van der Waals surface area contributed by atoms with Gasteiger partial charge in [-0.2, -0.15) is 0 Å². The van der Waals surface area contributed by atoms with Gasteiger partial charge in [0.05, 0.1) is 30.2 Å². The number of benzene rings is 2. The Morgan fingerprint density at radius 3 is 3.00 bits per heavy atom. The van der Waals surface area contributed by atoms with Crippen molar-refractivity contribution in [1.82, 2.24) is 14.5 Å². The molecule has 2 bridgehead atoms. The van der Waals surface area contributed by atoms with Crippen LogP contribution in [-0.4, -0.2) is 51.1 Å². The van der Waals surface area contributed by atoms with E-state index in [-0.39, 0.29) is 43.4 Å². The number of amides is 2. The number of nitrogens with one attached hydrogen (secondary N) is 2. The Morgan fingerprint density at radius 1 is 1.24 bits per heavy atom. The van der Waals surface area contributed by atoms with Gasteiger partial charge in [-0.3, -0.25) is 14.6 Å². The van der Waals surface area contributed by atoms with Gasteiger partial charge < -0.3 is 23.9 Å². The van der Waals surface area contributed by atoms with E-state index >= 15 is 0 Å². The smallest absolute Gasteiger partial charge is 0.408 e. The summed E-state index contributed by atoms with van der Waals surface area (Å²) in [5.41, 5.74) is 0.854. The van der Waals surface area contributed by atoms with E-state index < -0.39 is 11.4 Å². The summed E-state index contributed by atoms with van der Waals surface area (Å²) in [7, 11) is 0. The quantitative estimate of drug-likeness (QED) is 0.496. The second kappa shape index (κ2) is 7.04. The van der Waals surface area contributed by atoms with E-state index in [9.17, 15) is 18.8 Å². The van der Waals surface area contributed by atoms with Crippen LogP contribution in [0.15, 0.2) is 57.9 Å². The van der Waals surface area contributed by atoms with Crippen molar-refractivity contribution in [2.24, 2.45) is 0 Å². The molecule has 0 saturated carbocycles. The van der Waals surface area contributed by atoms with Crippen molar-refractivity contribution in [2.75, 3.05) is 18.5 Å². The zero-order chi connectivity index (χ0) is 22.7. The number of oxazole rings is 1. The van der Waals surface area contributed by atoms with Crippen LogP contribution < -0.4 is 11.1 Å². The van der Waals surface area contributed by atoms with Crippen LogP contribution in [0.2, 0.25) is 0 Å². The number of morpholine rings is 1. The summed E-state index contributed by atoms with van der Waals surface area (Å²) in [4.78, 5) is 41.8. The van der Waals surface area contributed by atoms with Crippen LogP contribution in [0.3, 0.4) is 0 Å². The number of carbonyl (C=O) groups is 2. The third kappa shape index (κ3) is 3.13. The molecule has 2 aromatic heterocycles. The third-order valence-electron chi connectivity index (χ3n) is 6.46. The summed E-state index contributed by atoms with van der Waals surface area (Å²) >= 11 is 0. The molecule has 2 fully saturated rings. The third-order valence-corrected chi connectivity index (χ3v) is 6.46. The number of hydrogen-bond acceptors (Lipinski definition) is 5. The molecule has 4 heterocycles. The molecule has 2 aliphatic heterocycles. The van der Waals surface area contributed by atoms with Gasteiger partial charge >= 0.3 is 5.76 Å². The minimum Gasteiger partial charge on any atom is -0.408 e. The number of aromatic amines is 1. The fourth-order valence-electron chi connectivity index (χ4n) is 4.83. The van der Waals surface area contributed by atoms with E-state index in [1.807, 2.05) is 0 Å². The van der Waals surface area contributed by atoms with Gasteiger partial charge in [0.15, 0.2) is 11.2 Å². The molecule has 0 spiro atoms.